The van der Waals surface area contributed by atoms with Gasteiger partial charge in [0.05, 0.1) is 14.2 Å². The maximum Gasteiger partial charge on any atom is 0.163 e. The molecule has 4 heteroatoms. The lowest BCUT2D eigenvalue weighted by molar-refractivity contribution is 0.0979. The highest BCUT2D eigenvalue weighted by Gasteiger charge is 2.10. The van der Waals surface area contributed by atoms with Crippen molar-refractivity contribution in [1.82, 2.24) is 0 Å². The molecule has 1 aromatic carbocycles. The molecule has 18 heavy (non-hydrogen) atoms. The van der Waals surface area contributed by atoms with E-state index < -0.39 is 0 Å². The number of carbonyl (C=O) groups excluding carboxylic acids is 1. The van der Waals surface area contributed by atoms with E-state index in [9.17, 15) is 4.79 Å². The van der Waals surface area contributed by atoms with Gasteiger partial charge < -0.3 is 9.47 Å². The Hall–Kier alpha value is -1.03. The molecule has 0 aliphatic heterocycles. The first-order valence-corrected chi connectivity index (χ1v) is 7.16. The highest BCUT2D eigenvalue weighted by molar-refractivity contribution is 9.09. The topological polar surface area (TPSA) is 35.5 Å². The summed E-state index contributed by atoms with van der Waals surface area (Å²) < 4.78 is 10.3. The van der Waals surface area contributed by atoms with E-state index in [1.54, 1.807) is 32.4 Å². The van der Waals surface area contributed by atoms with Crippen LogP contribution in [0.4, 0.5) is 0 Å². The molecule has 0 bridgehead atoms. The van der Waals surface area contributed by atoms with Gasteiger partial charge in [-0.15, -0.1) is 0 Å². The summed E-state index contributed by atoms with van der Waals surface area (Å²) in [6.45, 7) is 0. The van der Waals surface area contributed by atoms with Crippen molar-refractivity contribution in [3.05, 3.63) is 23.8 Å². The van der Waals surface area contributed by atoms with Crippen molar-refractivity contribution in [3.63, 3.8) is 0 Å². The van der Waals surface area contributed by atoms with Gasteiger partial charge >= 0.3 is 0 Å². The maximum absolute atomic E-state index is 12.0. The number of alkyl halides is 1. The molecule has 1 rings (SSSR count). The van der Waals surface area contributed by atoms with Crippen LogP contribution in [0.5, 0.6) is 11.5 Å². The number of carbonyl (C=O) groups is 1. The highest BCUT2D eigenvalue weighted by atomic mass is 79.9. The number of hydrogen-bond acceptors (Lipinski definition) is 3. The van der Waals surface area contributed by atoms with Crippen LogP contribution in [-0.4, -0.2) is 25.3 Å². The molecule has 0 aliphatic carbocycles. The molecule has 0 aromatic heterocycles. The number of methoxy groups -OCH3 is 2. The zero-order chi connectivity index (χ0) is 13.4. The molecule has 3 nitrogen and oxygen atoms in total. The Bertz CT molecular complexity index is 391. The quantitative estimate of drug-likeness (QED) is 0.415. The summed E-state index contributed by atoms with van der Waals surface area (Å²) in [6.07, 6.45) is 3.70. The minimum absolute atomic E-state index is 0.158. The Kier molecular flexibility index (Phi) is 6.80. The molecule has 0 radical (unpaired) electrons. The van der Waals surface area contributed by atoms with E-state index in [4.69, 9.17) is 9.47 Å². The average Bonchev–Trinajstić information content (AvgIpc) is 2.42. The molecule has 0 heterocycles. The van der Waals surface area contributed by atoms with Gasteiger partial charge in [0.15, 0.2) is 17.3 Å². The van der Waals surface area contributed by atoms with Gasteiger partial charge in [0.2, 0.25) is 0 Å². The highest BCUT2D eigenvalue weighted by Crippen LogP contribution is 2.28. The predicted molar refractivity (Wildman–Crippen MR) is 76.1 cm³/mol. The second kappa shape index (κ2) is 8.14. The first-order chi connectivity index (χ1) is 8.72. The van der Waals surface area contributed by atoms with E-state index in [-0.39, 0.29) is 5.78 Å². The van der Waals surface area contributed by atoms with Crippen LogP contribution in [0.2, 0.25) is 0 Å². The van der Waals surface area contributed by atoms with Crippen molar-refractivity contribution in [2.45, 2.75) is 25.7 Å². The molecule has 0 saturated carbocycles. The van der Waals surface area contributed by atoms with Crippen molar-refractivity contribution in [2.75, 3.05) is 19.5 Å². The third-order valence-corrected chi connectivity index (χ3v) is 3.30. The number of hydrogen-bond donors (Lipinski definition) is 0. The smallest absolute Gasteiger partial charge is 0.163 e. The largest absolute Gasteiger partial charge is 0.493 e. The Morgan fingerprint density at radius 1 is 1.11 bits per heavy atom. The van der Waals surface area contributed by atoms with Crippen LogP contribution >= 0.6 is 15.9 Å². The Morgan fingerprint density at radius 3 is 2.44 bits per heavy atom. The minimum Gasteiger partial charge on any atom is -0.493 e. The zero-order valence-electron chi connectivity index (χ0n) is 10.9. The zero-order valence-corrected chi connectivity index (χ0v) is 12.5. The maximum atomic E-state index is 12.0. The molecule has 0 atom stereocenters. The third-order valence-electron chi connectivity index (χ3n) is 2.74. The Balaban J connectivity index is 2.62. The first kappa shape index (κ1) is 15.0. The van der Waals surface area contributed by atoms with E-state index in [0.717, 1.165) is 24.6 Å². The second-order valence-corrected chi connectivity index (χ2v) is 4.79. The fraction of sp³-hybridized carbons (Fsp3) is 0.500. The van der Waals surface area contributed by atoms with Crippen LogP contribution in [0.3, 0.4) is 0 Å². The van der Waals surface area contributed by atoms with Crippen molar-refractivity contribution >= 4 is 21.7 Å². The summed E-state index contributed by atoms with van der Waals surface area (Å²) in [5, 5.41) is 0.998. The lowest BCUT2D eigenvalue weighted by Gasteiger charge is -2.09. The Morgan fingerprint density at radius 2 is 1.83 bits per heavy atom. The number of ether oxygens (including phenoxy) is 2. The normalized spacial score (nSPS) is 10.2. The van der Waals surface area contributed by atoms with Crippen LogP contribution in [0.15, 0.2) is 18.2 Å². The van der Waals surface area contributed by atoms with Gasteiger partial charge in [-0.2, -0.15) is 0 Å². The molecule has 0 unspecified atom stereocenters. The average molecular weight is 315 g/mol. The molecule has 1 aromatic rings. The van der Waals surface area contributed by atoms with Crippen LogP contribution in [-0.2, 0) is 0 Å². The molecule has 100 valence electrons. The number of unbranched alkanes of at least 4 members (excludes halogenated alkanes) is 2. The summed E-state index contributed by atoms with van der Waals surface area (Å²) in [7, 11) is 3.15. The number of rotatable bonds is 8. The van der Waals surface area contributed by atoms with Gasteiger partial charge in [0.1, 0.15) is 0 Å². The van der Waals surface area contributed by atoms with E-state index in [0.29, 0.717) is 23.5 Å². The van der Waals surface area contributed by atoms with Crippen LogP contribution in [0.1, 0.15) is 36.0 Å². The fourth-order valence-corrected chi connectivity index (χ4v) is 2.11. The van der Waals surface area contributed by atoms with E-state index >= 15 is 0 Å². The number of halogens is 1. The monoisotopic (exact) mass is 314 g/mol. The van der Waals surface area contributed by atoms with Gasteiger partial charge in [0.25, 0.3) is 0 Å². The van der Waals surface area contributed by atoms with Crippen molar-refractivity contribution in [1.29, 1.82) is 0 Å². The lowest BCUT2D eigenvalue weighted by atomic mass is 10.0. The standard InChI is InChI=1S/C14H19BrO3/c1-17-13-8-7-11(10-14(13)18-2)12(16)6-4-3-5-9-15/h7-8,10H,3-6,9H2,1-2H3. The molecular weight excluding hydrogens is 296 g/mol. The molecule has 0 aliphatic rings. The summed E-state index contributed by atoms with van der Waals surface area (Å²) in [5.74, 6) is 1.41. The summed E-state index contributed by atoms with van der Waals surface area (Å²) >= 11 is 3.38. The van der Waals surface area contributed by atoms with Gasteiger partial charge in [0, 0.05) is 17.3 Å². The van der Waals surface area contributed by atoms with Gasteiger partial charge in [-0.1, -0.05) is 22.4 Å². The minimum atomic E-state index is 0.158. The lowest BCUT2D eigenvalue weighted by Crippen LogP contribution is -2.00. The number of benzene rings is 1. The Labute approximate surface area is 117 Å². The first-order valence-electron chi connectivity index (χ1n) is 6.04. The van der Waals surface area contributed by atoms with Crippen molar-refractivity contribution < 1.29 is 14.3 Å². The number of ketones is 1. The van der Waals surface area contributed by atoms with Gasteiger partial charge in [-0.3, -0.25) is 4.79 Å². The van der Waals surface area contributed by atoms with Crippen LogP contribution in [0, 0.1) is 0 Å². The molecule has 0 saturated heterocycles. The summed E-state index contributed by atoms with van der Waals surface area (Å²) in [4.78, 5) is 12.0. The SMILES string of the molecule is COc1ccc(C(=O)CCCCCBr)cc1OC. The second-order valence-electron chi connectivity index (χ2n) is 3.99. The van der Waals surface area contributed by atoms with E-state index in [1.165, 1.54) is 0 Å². The van der Waals surface area contributed by atoms with E-state index in [2.05, 4.69) is 15.9 Å². The van der Waals surface area contributed by atoms with Gasteiger partial charge in [-0.05, 0) is 31.0 Å². The molecule has 0 fully saturated rings. The van der Waals surface area contributed by atoms with E-state index in [1.807, 2.05) is 0 Å². The van der Waals surface area contributed by atoms with Crippen LogP contribution < -0.4 is 9.47 Å². The summed E-state index contributed by atoms with van der Waals surface area (Å²) in [5.41, 5.74) is 0.687. The fourth-order valence-electron chi connectivity index (χ4n) is 1.71. The third kappa shape index (κ3) is 4.33. The number of Topliss-reactive ketones (excluding diaryl/α,β-unsaturated/α-hetero) is 1. The predicted octanol–water partition coefficient (Wildman–Crippen LogP) is 3.84. The molecule has 0 spiro atoms. The molecule has 0 N–H and O–H groups in total. The van der Waals surface area contributed by atoms with Crippen molar-refractivity contribution in [2.24, 2.45) is 0 Å². The van der Waals surface area contributed by atoms with Gasteiger partial charge in [-0.25, -0.2) is 0 Å². The van der Waals surface area contributed by atoms with Crippen LogP contribution in [0.25, 0.3) is 0 Å². The molecular formula is C14H19BrO3. The summed E-state index contributed by atoms with van der Waals surface area (Å²) in [6, 6.07) is 5.30. The molecule has 0 amide bonds. The van der Waals surface area contributed by atoms with Crippen molar-refractivity contribution in [3.8, 4) is 11.5 Å².